The second kappa shape index (κ2) is 11.4. The van der Waals surface area contributed by atoms with E-state index in [2.05, 4.69) is 36.4 Å². The molecule has 0 spiro atoms. The van der Waals surface area contributed by atoms with Crippen molar-refractivity contribution in [2.75, 3.05) is 33.2 Å². The molecule has 24 heavy (non-hydrogen) atoms. The van der Waals surface area contributed by atoms with Crippen molar-refractivity contribution in [3.8, 4) is 0 Å². The molecule has 2 unspecified atom stereocenters. The van der Waals surface area contributed by atoms with Crippen molar-refractivity contribution < 1.29 is 13.2 Å². The number of alkyl halides is 3. The molecule has 0 aromatic carbocycles. The molecule has 0 aromatic heterocycles. The molecular weight excluding hydrogens is 432 g/mol. The van der Waals surface area contributed by atoms with Gasteiger partial charge >= 0.3 is 6.18 Å². The lowest BCUT2D eigenvalue weighted by Gasteiger charge is -2.21. The van der Waals surface area contributed by atoms with Gasteiger partial charge in [0.2, 0.25) is 0 Å². The molecule has 1 saturated heterocycles. The minimum atomic E-state index is -4.11. The van der Waals surface area contributed by atoms with Gasteiger partial charge in [-0.05, 0) is 44.6 Å². The summed E-state index contributed by atoms with van der Waals surface area (Å²) in [5.41, 5.74) is 0. The summed E-state index contributed by atoms with van der Waals surface area (Å²) in [5, 5.41) is 6.58. The normalized spacial score (nSPS) is 20.8. The number of rotatable bonds is 7. The fraction of sp³-hybridized carbons (Fsp3) is 0.938. The first-order chi connectivity index (χ1) is 10.7. The van der Waals surface area contributed by atoms with E-state index in [1.807, 2.05) is 0 Å². The smallest absolute Gasteiger partial charge is 0.356 e. The van der Waals surface area contributed by atoms with E-state index in [0.29, 0.717) is 31.6 Å². The Balaban J connectivity index is 0.00000529. The summed E-state index contributed by atoms with van der Waals surface area (Å²) in [6.07, 6.45) is -1.09. The third kappa shape index (κ3) is 10.6. The molecule has 0 radical (unpaired) electrons. The van der Waals surface area contributed by atoms with Gasteiger partial charge in [-0.2, -0.15) is 13.2 Å². The van der Waals surface area contributed by atoms with E-state index in [1.54, 1.807) is 7.05 Å². The molecule has 0 aliphatic carbocycles. The number of hydrogen-bond donors (Lipinski definition) is 2. The zero-order chi connectivity index (χ0) is 17.5. The van der Waals surface area contributed by atoms with Gasteiger partial charge in [0.15, 0.2) is 5.96 Å². The van der Waals surface area contributed by atoms with Crippen molar-refractivity contribution in [2.24, 2.45) is 16.8 Å². The van der Waals surface area contributed by atoms with Crippen molar-refractivity contribution in [3.63, 3.8) is 0 Å². The summed E-state index contributed by atoms with van der Waals surface area (Å²) < 4.78 is 37.2. The van der Waals surface area contributed by atoms with Crippen LogP contribution in [0.3, 0.4) is 0 Å². The second-order valence-electron chi connectivity index (χ2n) is 6.97. The van der Waals surface area contributed by atoms with Crippen LogP contribution in [0, 0.1) is 11.8 Å². The van der Waals surface area contributed by atoms with E-state index in [9.17, 15) is 13.2 Å². The van der Waals surface area contributed by atoms with Gasteiger partial charge in [-0.1, -0.05) is 13.8 Å². The van der Waals surface area contributed by atoms with Gasteiger partial charge in [0.05, 0.1) is 6.54 Å². The number of likely N-dealkylation sites (tertiary alicyclic amines) is 1. The third-order valence-electron chi connectivity index (χ3n) is 4.11. The predicted octanol–water partition coefficient (Wildman–Crippen LogP) is 3.48. The number of guanidine groups is 1. The average molecular weight is 464 g/mol. The van der Waals surface area contributed by atoms with E-state index in [-0.39, 0.29) is 29.9 Å². The fourth-order valence-electron chi connectivity index (χ4n) is 2.80. The highest BCUT2D eigenvalue weighted by Gasteiger charge is 2.34. The van der Waals surface area contributed by atoms with Gasteiger partial charge in [-0.3, -0.25) is 9.89 Å². The molecule has 1 aliphatic heterocycles. The maximum absolute atomic E-state index is 12.4. The SMILES string of the molecule is CN=C(NCC1CCN(CC(F)(F)F)C1)NC(C)CCC(C)C.I. The molecule has 4 nitrogen and oxygen atoms in total. The van der Waals surface area contributed by atoms with Crippen LogP contribution < -0.4 is 10.6 Å². The van der Waals surface area contributed by atoms with Crippen LogP contribution in [-0.2, 0) is 0 Å². The molecule has 2 atom stereocenters. The van der Waals surface area contributed by atoms with E-state index < -0.39 is 12.7 Å². The van der Waals surface area contributed by atoms with E-state index in [1.165, 1.54) is 4.90 Å². The minimum Gasteiger partial charge on any atom is -0.356 e. The van der Waals surface area contributed by atoms with Crippen molar-refractivity contribution in [1.29, 1.82) is 0 Å². The predicted molar refractivity (Wildman–Crippen MR) is 104 cm³/mol. The lowest BCUT2D eigenvalue weighted by atomic mass is 10.0. The summed E-state index contributed by atoms with van der Waals surface area (Å²) in [4.78, 5) is 5.68. The molecule has 0 saturated carbocycles. The summed E-state index contributed by atoms with van der Waals surface area (Å²) in [5.74, 6) is 1.64. The molecule has 1 heterocycles. The number of halogens is 4. The van der Waals surface area contributed by atoms with E-state index in [0.717, 1.165) is 25.2 Å². The first-order valence-corrected chi connectivity index (χ1v) is 8.46. The first-order valence-electron chi connectivity index (χ1n) is 8.46. The fourth-order valence-corrected chi connectivity index (χ4v) is 2.80. The van der Waals surface area contributed by atoms with Crippen LogP contribution in [0.1, 0.15) is 40.0 Å². The summed E-state index contributed by atoms with van der Waals surface area (Å²) in [6, 6.07) is 0.328. The standard InChI is InChI=1S/C16H31F3N4.HI/c1-12(2)5-6-13(3)22-15(20-4)21-9-14-7-8-23(10-14)11-16(17,18)19;/h12-14H,5-11H2,1-4H3,(H2,20,21,22);1H. The maximum Gasteiger partial charge on any atom is 0.401 e. The van der Waals surface area contributed by atoms with E-state index >= 15 is 0 Å². The average Bonchev–Trinajstić information content (AvgIpc) is 2.86. The zero-order valence-corrected chi connectivity index (χ0v) is 17.4. The Morgan fingerprint density at radius 1 is 1.25 bits per heavy atom. The Kier molecular flexibility index (Phi) is 11.3. The topological polar surface area (TPSA) is 39.7 Å². The van der Waals surface area contributed by atoms with Gasteiger partial charge < -0.3 is 10.6 Å². The first kappa shape index (κ1) is 23.8. The van der Waals surface area contributed by atoms with Gasteiger partial charge in [-0.15, -0.1) is 24.0 Å². The molecule has 0 aromatic rings. The Morgan fingerprint density at radius 3 is 2.46 bits per heavy atom. The number of hydrogen-bond acceptors (Lipinski definition) is 2. The molecule has 1 rings (SSSR count). The van der Waals surface area contributed by atoms with Crippen molar-refractivity contribution in [2.45, 2.75) is 52.3 Å². The van der Waals surface area contributed by atoms with Crippen LogP contribution in [0.5, 0.6) is 0 Å². The molecule has 2 N–H and O–H groups in total. The maximum atomic E-state index is 12.4. The molecule has 8 heteroatoms. The molecule has 1 fully saturated rings. The highest BCUT2D eigenvalue weighted by Crippen LogP contribution is 2.22. The largest absolute Gasteiger partial charge is 0.401 e. The minimum absolute atomic E-state index is 0. The highest BCUT2D eigenvalue weighted by atomic mass is 127. The third-order valence-corrected chi connectivity index (χ3v) is 4.11. The molecular formula is C16H32F3IN4. The second-order valence-corrected chi connectivity index (χ2v) is 6.97. The zero-order valence-electron chi connectivity index (χ0n) is 15.1. The molecule has 0 amide bonds. The van der Waals surface area contributed by atoms with E-state index in [4.69, 9.17) is 0 Å². The van der Waals surface area contributed by atoms with Gasteiger partial charge in [0, 0.05) is 26.2 Å². The van der Waals surface area contributed by atoms with Crippen molar-refractivity contribution in [3.05, 3.63) is 0 Å². The van der Waals surface area contributed by atoms with Crippen LogP contribution in [0.2, 0.25) is 0 Å². The molecule has 0 bridgehead atoms. The van der Waals surface area contributed by atoms with Crippen molar-refractivity contribution >= 4 is 29.9 Å². The Labute approximate surface area is 161 Å². The lowest BCUT2D eigenvalue weighted by molar-refractivity contribution is -0.143. The van der Waals surface area contributed by atoms with Crippen LogP contribution in [0.15, 0.2) is 4.99 Å². The quantitative estimate of drug-likeness (QED) is 0.345. The monoisotopic (exact) mass is 464 g/mol. The summed E-state index contributed by atoms with van der Waals surface area (Å²) >= 11 is 0. The number of aliphatic imine (C=N–C) groups is 1. The molecule has 1 aliphatic rings. The van der Waals surface area contributed by atoms with Crippen LogP contribution in [0.25, 0.3) is 0 Å². The Hall–Kier alpha value is -0.250. The van der Waals surface area contributed by atoms with Crippen molar-refractivity contribution in [1.82, 2.24) is 15.5 Å². The summed E-state index contributed by atoms with van der Waals surface area (Å²) in [7, 11) is 1.72. The Bertz CT molecular complexity index is 375. The van der Waals surface area contributed by atoms with Gasteiger partial charge in [0.25, 0.3) is 0 Å². The summed E-state index contributed by atoms with van der Waals surface area (Å²) in [6.45, 7) is 7.39. The van der Waals surface area contributed by atoms with Gasteiger partial charge in [0.1, 0.15) is 0 Å². The highest BCUT2D eigenvalue weighted by molar-refractivity contribution is 14.0. The number of nitrogens with one attached hydrogen (secondary N) is 2. The van der Waals surface area contributed by atoms with Crippen LogP contribution in [0.4, 0.5) is 13.2 Å². The number of nitrogens with zero attached hydrogens (tertiary/aromatic N) is 2. The lowest BCUT2D eigenvalue weighted by Crippen LogP contribution is -2.44. The Morgan fingerprint density at radius 2 is 1.92 bits per heavy atom. The van der Waals surface area contributed by atoms with Crippen LogP contribution in [-0.4, -0.2) is 56.3 Å². The molecule has 144 valence electrons. The van der Waals surface area contributed by atoms with Gasteiger partial charge in [-0.25, -0.2) is 0 Å². The van der Waals surface area contributed by atoms with Crippen LogP contribution >= 0.6 is 24.0 Å².